The molecule has 2 aromatic heterocycles. The summed E-state index contributed by atoms with van der Waals surface area (Å²) in [6.45, 7) is 8.05. The van der Waals surface area contributed by atoms with Gasteiger partial charge >= 0.3 is 0 Å². The monoisotopic (exact) mass is 363 g/mol. The predicted molar refractivity (Wildman–Crippen MR) is 109 cm³/mol. The zero-order valence-corrected chi connectivity index (χ0v) is 16.3. The van der Waals surface area contributed by atoms with Gasteiger partial charge in [-0.2, -0.15) is 5.10 Å². The van der Waals surface area contributed by atoms with Gasteiger partial charge in [0.1, 0.15) is 0 Å². The second-order valence-corrected chi connectivity index (χ2v) is 7.35. The van der Waals surface area contributed by atoms with Crippen LogP contribution in [-0.2, 0) is 7.05 Å². The van der Waals surface area contributed by atoms with E-state index in [2.05, 4.69) is 32.4 Å². The molecule has 0 aliphatic carbocycles. The highest BCUT2D eigenvalue weighted by atomic mass is 16.1. The van der Waals surface area contributed by atoms with Gasteiger partial charge in [0.2, 0.25) is 0 Å². The number of aromatic nitrogens is 3. The first-order chi connectivity index (χ1) is 12.9. The topological polar surface area (TPSA) is 63.1 Å². The molecule has 140 valence electrons. The number of amides is 1. The predicted octanol–water partition coefficient (Wildman–Crippen LogP) is 3.75. The van der Waals surface area contributed by atoms with E-state index in [0.717, 1.165) is 41.1 Å². The summed E-state index contributed by atoms with van der Waals surface area (Å²) in [5.41, 5.74) is 6.10. The van der Waals surface area contributed by atoms with Crippen molar-refractivity contribution >= 4 is 28.3 Å². The van der Waals surface area contributed by atoms with E-state index in [-0.39, 0.29) is 5.91 Å². The molecule has 6 nitrogen and oxygen atoms in total. The lowest BCUT2D eigenvalue weighted by molar-refractivity contribution is 0.102. The average molecular weight is 363 g/mol. The minimum absolute atomic E-state index is 0.137. The molecule has 4 rings (SSSR count). The minimum atomic E-state index is -0.137. The summed E-state index contributed by atoms with van der Waals surface area (Å²) in [4.78, 5) is 19.9. The number of carbonyl (C=O) groups is 1. The molecule has 1 aliphatic heterocycles. The van der Waals surface area contributed by atoms with Crippen LogP contribution in [0.5, 0.6) is 0 Å². The first-order valence-corrected chi connectivity index (χ1v) is 9.42. The van der Waals surface area contributed by atoms with Crippen LogP contribution in [0.15, 0.2) is 24.3 Å². The van der Waals surface area contributed by atoms with Gasteiger partial charge in [0, 0.05) is 36.9 Å². The number of carbonyl (C=O) groups excluding carboxylic acids is 1. The molecule has 0 radical (unpaired) electrons. The quantitative estimate of drug-likeness (QED) is 0.770. The van der Waals surface area contributed by atoms with Crippen LogP contribution in [0.2, 0.25) is 0 Å². The molecule has 0 bridgehead atoms. The third-order valence-corrected chi connectivity index (χ3v) is 5.36. The number of nitrogens with one attached hydrogen (secondary N) is 1. The smallest absolute Gasteiger partial charge is 0.257 e. The third-order valence-electron chi connectivity index (χ3n) is 5.36. The fourth-order valence-electron chi connectivity index (χ4n) is 3.81. The maximum Gasteiger partial charge on any atom is 0.257 e. The molecule has 1 aromatic carbocycles. The number of pyridine rings is 1. The first-order valence-electron chi connectivity index (χ1n) is 9.42. The lowest BCUT2D eigenvalue weighted by atomic mass is 10.1. The Balaban J connectivity index is 1.61. The van der Waals surface area contributed by atoms with Crippen LogP contribution in [0.4, 0.5) is 11.4 Å². The molecule has 1 N–H and O–H groups in total. The Labute approximate surface area is 159 Å². The van der Waals surface area contributed by atoms with Gasteiger partial charge in [-0.1, -0.05) is 0 Å². The van der Waals surface area contributed by atoms with Crippen LogP contribution in [0.1, 0.15) is 40.2 Å². The molecule has 0 saturated carbocycles. The van der Waals surface area contributed by atoms with Gasteiger partial charge < -0.3 is 10.2 Å². The van der Waals surface area contributed by atoms with Gasteiger partial charge in [0.25, 0.3) is 5.91 Å². The van der Waals surface area contributed by atoms with Crippen molar-refractivity contribution in [3.05, 3.63) is 46.8 Å². The number of benzene rings is 1. The van der Waals surface area contributed by atoms with Crippen LogP contribution in [0, 0.1) is 20.8 Å². The van der Waals surface area contributed by atoms with Gasteiger partial charge in [0.15, 0.2) is 5.65 Å². The standard InChI is InChI=1S/C21H25N5O/c1-13-11-16(26-9-5-6-10-26)7-8-19(13)23-21(27)18-12-17-15(3)24-25(4)20(17)22-14(18)2/h7-8,11-12H,5-6,9-10H2,1-4H3,(H,23,27). The SMILES string of the molecule is Cc1cc(N2CCCC2)ccc1NC(=O)c1cc2c(C)nn(C)c2nc1C. The molecular weight excluding hydrogens is 338 g/mol. The van der Waals surface area contributed by atoms with Crippen molar-refractivity contribution in [3.8, 4) is 0 Å². The van der Waals surface area contributed by atoms with Crippen LogP contribution in [0.25, 0.3) is 11.0 Å². The highest BCUT2D eigenvalue weighted by molar-refractivity contribution is 6.07. The van der Waals surface area contributed by atoms with Crippen LogP contribution >= 0.6 is 0 Å². The van der Waals surface area contributed by atoms with Gasteiger partial charge in [-0.05, 0) is 63.4 Å². The number of fused-ring (bicyclic) bond motifs is 1. The Bertz CT molecular complexity index is 1030. The molecule has 1 fully saturated rings. The lowest BCUT2D eigenvalue weighted by Gasteiger charge is -2.19. The third kappa shape index (κ3) is 3.16. The van der Waals surface area contributed by atoms with E-state index >= 15 is 0 Å². The fourth-order valence-corrected chi connectivity index (χ4v) is 3.81. The van der Waals surface area contributed by atoms with Gasteiger partial charge in [-0.25, -0.2) is 4.98 Å². The second kappa shape index (κ2) is 6.68. The molecule has 0 atom stereocenters. The van der Waals surface area contributed by atoms with Gasteiger partial charge in [-0.15, -0.1) is 0 Å². The normalized spacial score (nSPS) is 14.1. The summed E-state index contributed by atoms with van der Waals surface area (Å²) in [5, 5.41) is 8.36. The molecule has 1 aliphatic rings. The fraction of sp³-hybridized carbons (Fsp3) is 0.381. The minimum Gasteiger partial charge on any atom is -0.372 e. The highest BCUT2D eigenvalue weighted by Crippen LogP contribution is 2.26. The van der Waals surface area contributed by atoms with Crippen molar-refractivity contribution in [2.24, 2.45) is 7.05 Å². The summed E-state index contributed by atoms with van der Waals surface area (Å²) < 4.78 is 1.75. The highest BCUT2D eigenvalue weighted by Gasteiger charge is 2.17. The van der Waals surface area contributed by atoms with E-state index in [1.54, 1.807) is 4.68 Å². The Kier molecular flexibility index (Phi) is 4.34. The van der Waals surface area contributed by atoms with E-state index in [0.29, 0.717) is 11.3 Å². The van der Waals surface area contributed by atoms with Crippen molar-refractivity contribution < 1.29 is 4.79 Å². The average Bonchev–Trinajstić information content (AvgIpc) is 3.25. The van der Waals surface area contributed by atoms with Crippen LogP contribution in [0.3, 0.4) is 0 Å². The summed E-state index contributed by atoms with van der Waals surface area (Å²) >= 11 is 0. The summed E-state index contributed by atoms with van der Waals surface area (Å²) in [6.07, 6.45) is 2.50. The molecule has 6 heteroatoms. The molecular formula is C21H25N5O. The molecule has 1 saturated heterocycles. The molecule has 1 amide bonds. The summed E-state index contributed by atoms with van der Waals surface area (Å²) in [6, 6.07) is 8.13. The van der Waals surface area contributed by atoms with Crippen molar-refractivity contribution in [1.29, 1.82) is 0 Å². The van der Waals surface area contributed by atoms with Crippen LogP contribution < -0.4 is 10.2 Å². The second-order valence-electron chi connectivity index (χ2n) is 7.35. The molecule has 0 unspecified atom stereocenters. The maximum atomic E-state index is 12.9. The van der Waals surface area contributed by atoms with E-state index in [1.807, 2.05) is 40.0 Å². The summed E-state index contributed by atoms with van der Waals surface area (Å²) in [5.74, 6) is -0.137. The Hall–Kier alpha value is -2.89. The Morgan fingerprint density at radius 3 is 2.52 bits per heavy atom. The van der Waals surface area contributed by atoms with E-state index in [9.17, 15) is 4.79 Å². The number of aryl methyl sites for hydroxylation is 4. The van der Waals surface area contributed by atoms with Crippen molar-refractivity contribution in [2.45, 2.75) is 33.6 Å². The summed E-state index contributed by atoms with van der Waals surface area (Å²) in [7, 11) is 1.87. The van der Waals surface area contributed by atoms with Crippen molar-refractivity contribution in [3.63, 3.8) is 0 Å². The van der Waals surface area contributed by atoms with E-state index in [1.165, 1.54) is 18.5 Å². The zero-order valence-electron chi connectivity index (χ0n) is 16.3. The molecule has 0 spiro atoms. The number of rotatable bonds is 3. The Morgan fingerprint density at radius 1 is 1.07 bits per heavy atom. The molecule has 3 heterocycles. The first kappa shape index (κ1) is 17.5. The number of hydrogen-bond acceptors (Lipinski definition) is 4. The van der Waals surface area contributed by atoms with Gasteiger partial charge in [-0.3, -0.25) is 9.48 Å². The van der Waals surface area contributed by atoms with Crippen molar-refractivity contribution in [2.75, 3.05) is 23.3 Å². The zero-order chi connectivity index (χ0) is 19.1. The van der Waals surface area contributed by atoms with E-state index in [4.69, 9.17) is 0 Å². The van der Waals surface area contributed by atoms with Crippen molar-refractivity contribution in [1.82, 2.24) is 14.8 Å². The molecule has 3 aromatic rings. The number of nitrogens with zero attached hydrogens (tertiary/aromatic N) is 4. The number of anilines is 2. The maximum absolute atomic E-state index is 12.9. The van der Waals surface area contributed by atoms with Gasteiger partial charge in [0.05, 0.1) is 17.0 Å². The van der Waals surface area contributed by atoms with E-state index < -0.39 is 0 Å². The lowest BCUT2D eigenvalue weighted by Crippen LogP contribution is -2.18. The van der Waals surface area contributed by atoms with Crippen LogP contribution in [-0.4, -0.2) is 33.8 Å². The number of hydrogen-bond donors (Lipinski definition) is 1. The largest absolute Gasteiger partial charge is 0.372 e. The molecule has 27 heavy (non-hydrogen) atoms. The Morgan fingerprint density at radius 2 is 1.81 bits per heavy atom.